The van der Waals surface area contributed by atoms with Gasteiger partial charge in [-0.1, -0.05) is 23.7 Å². The number of amides is 1. The van der Waals surface area contributed by atoms with E-state index in [0.717, 1.165) is 12.8 Å². The second kappa shape index (κ2) is 5.86. The molecule has 8 heteroatoms. The van der Waals surface area contributed by atoms with Crippen LogP contribution in [0.1, 0.15) is 32.1 Å². The molecule has 0 bridgehead atoms. The molecule has 5 nitrogen and oxygen atoms in total. The summed E-state index contributed by atoms with van der Waals surface area (Å²) in [6.07, 6.45) is 2.38. The second-order valence-corrected chi connectivity index (χ2v) is 8.75. The van der Waals surface area contributed by atoms with Crippen molar-refractivity contribution in [3.63, 3.8) is 0 Å². The van der Waals surface area contributed by atoms with E-state index in [9.17, 15) is 4.79 Å². The van der Waals surface area contributed by atoms with Crippen LogP contribution in [0, 0.1) is 5.41 Å². The molecule has 0 unspecified atom stereocenters. The molecule has 2 aliphatic carbocycles. The maximum Gasteiger partial charge on any atom is 0.249 e. The maximum absolute atomic E-state index is 12.9. The Kier molecular flexibility index (Phi) is 4.02. The lowest BCUT2D eigenvalue weighted by Gasteiger charge is -2.25. The van der Waals surface area contributed by atoms with Crippen molar-refractivity contribution in [3.8, 4) is 11.5 Å². The van der Waals surface area contributed by atoms with Crippen molar-refractivity contribution in [3.05, 3.63) is 35.2 Å². The van der Waals surface area contributed by atoms with Crippen molar-refractivity contribution >= 4 is 40.7 Å². The molecule has 1 aromatic heterocycles. The molecule has 2 saturated carbocycles. The van der Waals surface area contributed by atoms with Crippen LogP contribution in [0.15, 0.2) is 28.7 Å². The number of hydrogen-bond donors (Lipinski definition) is 0. The zero-order chi connectivity index (χ0) is 17.8. The van der Waals surface area contributed by atoms with Gasteiger partial charge in [0.15, 0.2) is 0 Å². The molecule has 1 aromatic carbocycles. The monoisotopic (exact) mass is 399 g/mol. The lowest BCUT2D eigenvalue weighted by Crippen LogP contribution is -2.39. The predicted molar refractivity (Wildman–Crippen MR) is 95.5 cm³/mol. The third kappa shape index (κ3) is 3.03. The van der Waals surface area contributed by atoms with E-state index in [1.807, 2.05) is 18.2 Å². The third-order valence-electron chi connectivity index (χ3n) is 4.86. The number of hydrogen-bond acceptors (Lipinski definition) is 4. The quantitative estimate of drug-likeness (QED) is 0.695. The van der Waals surface area contributed by atoms with Crippen LogP contribution in [0.5, 0.6) is 0 Å². The molecule has 25 heavy (non-hydrogen) atoms. The Balaban J connectivity index is 1.55. The highest BCUT2D eigenvalue weighted by Gasteiger charge is 2.69. The lowest BCUT2D eigenvalue weighted by molar-refractivity contribution is -0.138. The van der Waals surface area contributed by atoms with Crippen LogP contribution in [0.25, 0.3) is 11.5 Å². The Morgan fingerprint density at radius 2 is 2.00 bits per heavy atom. The van der Waals surface area contributed by atoms with E-state index >= 15 is 0 Å². The molecular weight excluding hydrogens is 385 g/mol. The van der Waals surface area contributed by atoms with Gasteiger partial charge >= 0.3 is 0 Å². The van der Waals surface area contributed by atoms with E-state index in [1.165, 1.54) is 0 Å². The fraction of sp³-hybridized carbons (Fsp3) is 0.471. The van der Waals surface area contributed by atoms with E-state index in [1.54, 1.807) is 17.9 Å². The molecule has 2 fully saturated rings. The van der Waals surface area contributed by atoms with E-state index in [2.05, 4.69) is 10.2 Å². The highest BCUT2D eigenvalue weighted by atomic mass is 35.5. The number of carbonyl (C=O) groups is 1. The normalized spacial score (nSPS) is 24.2. The molecule has 4 rings (SSSR count). The second-order valence-electron chi connectivity index (χ2n) is 6.86. The highest BCUT2D eigenvalue weighted by Crippen LogP contribution is 2.65. The summed E-state index contributed by atoms with van der Waals surface area (Å²) in [5, 5.41) is 8.66. The predicted octanol–water partition coefficient (Wildman–Crippen LogP) is 4.46. The summed E-state index contributed by atoms with van der Waals surface area (Å²) in [6.45, 7) is 2.05. The summed E-state index contributed by atoms with van der Waals surface area (Å²) < 4.78 is 4.74. The SMILES string of the molecule is C[C@@]1(C(=O)N(Cc2nnc(-c3ccccc3Cl)o2)C2CC2)CC1(Cl)Cl. The number of carbonyl (C=O) groups excluding carboxylic acids is 1. The molecule has 132 valence electrons. The summed E-state index contributed by atoms with van der Waals surface area (Å²) >= 11 is 18.5. The summed E-state index contributed by atoms with van der Waals surface area (Å²) in [5.41, 5.74) is -0.0773. The summed E-state index contributed by atoms with van der Waals surface area (Å²) in [6, 6.07) is 7.43. The minimum absolute atomic E-state index is 0.0579. The van der Waals surface area contributed by atoms with Crippen molar-refractivity contribution in [1.82, 2.24) is 15.1 Å². The molecule has 0 saturated heterocycles. The minimum Gasteiger partial charge on any atom is -0.419 e. The van der Waals surface area contributed by atoms with Gasteiger partial charge in [-0.15, -0.1) is 33.4 Å². The summed E-state index contributed by atoms with van der Waals surface area (Å²) in [5.74, 6) is 0.650. The van der Waals surface area contributed by atoms with Gasteiger partial charge in [0.05, 0.1) is 22.5 Å². The minimum atomic E-state index is -0.991. The Labute approximate surface area is 160 Å². The molecular formula is C17H16Cl3N3O2. The van der Waals surface area contributed by atoms with Gasteiger partial charge in [-0.3, -0.25) is 4.79 Å². The van der Waals surface area contributed by atoms with Crippen LogP contribution in [0.2, 0.25) is 5.02 Å². The van der Waals surface area contributed by atoms with Crippen molar-refractivity contribution in [1.29, 1.82) is 0 Å². The molecule has 2 aromatic rings. The average molecular weight is 401 g/mol. The standard InChI is InChI=1S/C17H16Cl3N3O2/c1-16(9-17(16,19)20)15(24)23(10-6-7-10)8-13-21-22-14(25-13)11-4-2-3-5-12(11)18/h2-5,10H,6-9H2,1H3/t16-/m0/s1. The third-order valence-corrected chi connectivity index (χ3v) is 6.29. The van der Waals surface area contributed by atoms with Crippen LogP contribution >= 0.6 is 34.8 Å². The Morgan fingerprint density at radius 3 is 2.60 bits per heavy atom. The molecule has 1 amide bonds. The van der Waals surface area contributed by atoms with Crippen LogP contribution < -0.4 is 0 Å². The first kappa shape index (κ1) is 17.1. The molecule has 2 aliphatic rings. The largest absolute Gasteiger partial charge is 0.419 e. The molecule has 0 radical (unpaired) electrons. The van der Waals surface area contributed by atoms with Gasteiger partial charge in [-0.05, 0) is 38.3 Å². The van der Waals surface area contributed by atoms with Crippen LogP contribution in [0.4, 0.5) is 0 Å². The maximum atomic E-state index is 12.9. The number of halogens is 3. The molecule has 0 spiro atoms. The van der Waals surface area contributed by atoms with Gasteiger partial charge in [0, 0.05) is 6.04 Å². The molecule has 1 atom stereocenters. The zero-order valence-electron chi connectivity index (χ0n) is 13.5. The van der Waals surface area contributed by atoms with Crippen molar-refractivity contribution in [2.45, 2.75) is 43.1 Å². The number of alkyl halides is 2. The topological polar surface area (TPSA) is 59.2 Å². The Bertz CT molecular complexity index is 834. The lowest BCUT2D eigenvalue weighted by atomic mass is 10.1. The van der Waals surface area contributed by atoms with Crippen LogP contribution in [-0.4, -0.2) is 31.4 Å². The Hall–Kier alpha value is -1.30. The number of nitrogens with zero attached hydrogens (tertiary/aromatic N) is 3. The molecule has 0 aliphatic heterocycles. The average Bonchev–Trinajstić information content (AvgIpc) is 3.43. The van der Waals surface area contributed by atoms with Gasteiger partial charge < -0.3 is 9.32 Å². The highest BCUT2D eigenvalue weighted by molar-refractivity contribution is 6.53. The van der Waals surface area contributed by atoms with Gasteiger partial charge in [0.1, 0.15) is 4.33 Å². The van der Waals surface area contributed by atoms with Gasteiger partial charge in [0.25, 0.3) is 0 Å². The van der Waals surface area contributed by atoms with Gasteiger partial charge in [0.2, 0.25) is 17.7 Å². The molecule has 1 heterocycles. The van der Waals surface area contributed by atoms with Crippen molar-refractivity contribution < 1.29 is 9.21 Å². The Morgan fingerprint density at radius 1 is 1.32 bits per heavy atom. The van der Waals surface area contributed by atoms with Crippen molar-refractivity contribution in [2.75, 3.05) is 0 Å². The zero-order valence-corrected chi connectivity index (χ0v) is 15.8. The van der Waals surface area contributed by atoms with E-state index in [-0.39, 0.29) is 18.5 Å². The summed E-state index contributed by atoms with van der Waals surface area (Å²) in [4.78, 5) is 14.7. The van der Waals surface area contributed by atoms with Crippen molar-refractivity contribution in [2.24, 2.45) is 5.41 Å². The first-order valence-corrected chi connectivity index (χ1v) is 9.21. The number of aromatic nitrogens is 2. The number of rotatable bonds is 5. The van der Waals surface area contributed by atoms with Gasteiger partial charge in [-0.2, -0.15) is 0 Å². The van der Waals surface area contributed by atoms with Crippen LogP contribution in [0.3, 0.4) is 0 Å². The summed E-state index contributed by atoms with van der Waals surface area (Å²) in [7, 11) is 0. The fourth-order valence-corrected chi connectivity index (χ4v) is 3.82. The number of benzene rings is 1. The first-order chi connectivity index (χ1) is 11.8. The van der Waals surface area contributed by atoms with Gasteiger partial charge in [-0.25, -0.2) is 0 Å². The molecule has 0 N–H and O–H groups in total. The van der Waals surface area contributed by atoms with Crippen LogP contribution in [-0.2, 0) is 11.3 Å². The van der Waals surface area contributed by atoms with E-state index < -0.39 is 9.75 Å². The first-order valence-electron chi connectivity index (χ1n) is 8.08. The van der Waals surface area contributed by atoms with E-state index in [4.69, 9.17) is 39.2 Å². The van der Waals surface area contributed by atoms with E-state index in [0.29, 0.717) is 28.8 Å². The fourth-order valence-electron chi connectivity index (χ4n) is 2.91. The smallest absolute Gasteiger partial charge is 0.249 e.